The highest BCUT2D eigenvalue weighted by Gasteiger charge is 2.12. The molecule has 0 aliphatic rings. The van der Waals surface area contributed by atoms with Gasteiger partial charge in [0.1, 0.15) is 24.4 Å². The molecule has 0 amide bonds. The molecule has 3 aromatic carbocycles. The van der Waals surface area contributed by atoms with Crippen molar-refractivity contribution in [1.82, 2.24) is 0 Å². The van der Waals surface area contributed by atoms with Crippen LogP contribution in [-0.2, 0) is 6.61 Å². The van der Waals surface area contributed by atoms with E-state index >= 15 is 0 Å². The maximum absolute atomic E-state index is 12.2. The van der Waals surface area contributed by atoms with Crippen molar-refractivity contribution in [3.05, 3.63) is 94.5 Å². The Balaban J connectivity index is 1.79. The second-order valence-electron chi connectivity index (χ2n) is 6.24. The molecule has 3 aromatic rings. The van der Waals surface area contributed by atoms with Gasteiger partial charge in [-0.1, -0.05) is 36.4 Å². The lowest BCUT2D eigenvalue weighted by molar-refractivity contribution is 0.0734. The lowest BCUT2D eigenvalue weighted by Crippen LogP contribution is -2.09. The lowest BCUT2D eigenvalue weighted by Gasteiger charge is -2.14. The van der Waals surface area contributed by atoms with Gasteiger partial charge in [0.15, 0.2) is 0 Å². The first-order chi connectivity index (χ1) is 13.1. The molecule has 0 aromatic heterocycles. The van der Waals surface area contributed by atoms with E-state index in [0.29, 0.717) is 22.4 Å². The number of carbonyl (C=O) groups excluding carboxylic acids is 2. The summed E-state index contributed by atoms with van der Waals surface area (Å²) in [7, 11) is 0. The van der Waals surface area contributed by atoms with E-state index in [1.54, 1.807) is 42.5 Å². The molecule has 0 spiro atoms. The number of benzene rings is 3. The summed E-state index contributed by atoms with van der Waals surface area (Å²) in [6, 6.07) is 19.6. The summed E-state index contributed by atoms with van der Waals surface area (Å²) in [5.41, 5.74) is 3.67. The van der Waals surface area contributed by atoms with Crippen molar-refractivity contribution >= 4 is 12.3 Å². The van der Waals surface area contributed by atoms with Crippen LogP contribution in [0.1, 0.15) is 37.4 Å². The Kier molecular flexibility index (Phi) is 5.67. The number of esters is 1. The minimum Gasteiger partial charge on any atom is -0.488 e. The topological polar surface area (TPSA) is 52.6 Å². The van der Waals surface area contributed by atoms with E-state index in [9.17, 15) is 9.59 Å². The zero-order valence-electron chi connectivity index (χ0n) is 15.3. The molecule has 0 fully saturated rings. The van der Waals surface area contributed by atoms with Gasteiger partial charge in [-0.15, -0.1) is 0 Å². The molecule has 0 aliphatic carbocycles. The monoisotopic (exact) mass is 360 g/mol. The van der Waals surface area contributed by atoms with Gasteiger partial charge in [0.05, 0.1) is 5.56 Å². The Hall–Kier alpha value is -3.40. The van der Waals surface area contributed by atoms with E-state index in [-0.39, 0.29) is 6.61 Å². The van der Waals surface area contributed by atoms with Crippen LogP contribution in [0.15, 0.2) is 66.7 Å². The molecule has 0 bridgehead atoms. The number of rotatable bonds is 6. The van der Waals surface area contributed by atoms with Crippen LogP contribution in [-0.4, -0.2) is 12.3 Å². The maximum Gasteiger partial charge on any atom is 0.343 e. The SMILES string of the molecule is Cc1cccc(C)c1OCc1cc(OC(=O)c2ccccc2)ccc1C=O. The van der Waals surface area contributed by atoms with Crippen LogP contribution in [0, 0.1) is 13.8 Å². The van der Waals surface area contributed by atoms with Gasteiger partial charge in [-0.05, 0) is 55.3 Å². The minimum atomic E-state index is -0.448. The lowest BCUT2D eigenvalue weighted by atomic mass is 10.1. The fraction of sp³-hybridized carbons (Fsp3) is 0.130. The van der Waals surface area contributed by atoms with Crippen LogP contribution >= 0.6 is 0 Å². The zero-order valence-corrected chi connectivity index (χ0v) is 15.3. The van der Waals surface area contributed by atoms with E-state index in [4.69, 9.17) is 9.47 Å². The molecule has 0 N–H and O–H groups in total. The van der Waals surface area contributed by atoms with Crippen LogP contribution < -0.4 is 9.47 Å². The average molecular weight is 360 g/mol. The van der Waals surface area contributed by atoms with Gasteiger partial charge in [0.2, 0.25) is 0 Å². The van der Waals surface area contributed by atoms with Gasteiger partial charge in [-0.3, -0.25) is 4.79 Å². The minimum absolute atomic E-state index is 0.205. The van der Waals surface area contributed by atoms with Gasteiger partial charge in [0.25, 0.3) is 0 Å². The van der Waals surface area contributed by atoms with Crippen molar-refractivity contribution in [1.29, 1.82) is 0 Å². The smallest absolute Gasteiger partial charge is 0.343 e. The predicted molar refractivity (Wildman–Crippen MR) is 103 cm³/mol. The molecule has 0 radical (unpaired) electrons. The highest BCUT2D eigenvalue weighted by Crippen LogP contribution is 2.25. The molecule has 0 saturated carbocycles. The zero-order chi connectivity index (χ0) is 19.2. The van der Waals surface area contributed by atoms with Crippen LogP contribution in [0.25, 0.3) is 0 Å². The maximum atomic E-state index is 12.2. The van der Waals surface area contributed by atoms with Crippen molar-refractivity contribution in [2.75, 3.05) is 0 Å². The van der Waals surface area contributed by atoms with E-state index in [0.717, 1.165) is 23.2 Å². The fourth-order valence-corrected chi connectivity index (χ4v) is 2.80. The third-order valence-electron chi connectivity index (χ3n) is 4.24. The summed E-state index contributed by atoms with van der Waals surface area (Å²) >= 11 is 0. The van der Waals surface area contributed by atoms with Gasteiger partial charge < -0.3 is 9.47 Å². The molecular weight excluding hydrogens is 340 g/mol. The Morgan fingerprint density at radius 2 is 1.63 bits per heavy atom. The molecule has 4 heteroatoms. The van der Waals surface area contributed by atoms with Crippen molar-refractivity contribution in [2.24, 2.45) is 0 Å². The summed E-state index contributed by atoms with van der Waals surface area (Å²) < 4.78 is 11.4. The summed E-state index contributed by atoms with van der Waals surface area (Å²) in [6.45, 7) is 4.15. The first kappa shape index (κ1) is 18.4. The van der Waals surface area contributed by atoms with Crippen LogP contribution in [0.4, 0.5) is 0 Å². The van der Waals surface area contributed by atoms with E-state index < -0.39 is 5.97 Å². The number of aldehydes is 1. The largest absolute Gasteiger partial charge is 0.488 e. The third-order valence-corrected chi connectivity index (χ3v) is 4.24. The molecule has 0 heterocycles. The Labute approximate surface area is 158 Å². The summed E-state index contributed by atoms with van der Waals surface area (Å²) in [5, 5.41) is 0. The Morgan fingerprint density at radius 3 is 2.30 bits per heavy atom. The van der Waals surface area contributed by atoms with Crippen LogP contribution in [0.3, 0.4) is 0 Å². The van der Waals surface area contributed by atoms with Gasteiger partial charge >= 0.3 is 5.97 Å². The van der Waals surface area contributed by atoms with E-state index in [1.165, 1.54) is 0 Å². The van der Waals surface area contributed by atoms with Crippen molar-refractivity contribution in [2.45, 2.75) is 20.5 Å². The normalized spacial score (nSPS) is 10.3. The summed E-state index contributed by atoms with van der Waals surface area (Å²) in [5.74, 6) is 0.715. The second kappa shape index (κ2) is 8.32. The number of ether oxygens (including phenoxy) is 2. The van der Waals surface area contributed by atoms with Crippen molar-refractivity contribution < 1.29 is 19.1 Å². The molecular formula is C23H20O4. The second-order valence-corrected chi connectivity index (χ2v) is 6.24. The van der Waals surface area contributed by atoms with Gasteiger partial charge in [-0.2, -0.15) is 0 Å². The molecule has 3 rings (SSSR count). The van der Waals surface area contributed by atoms with Crippen LogP contribution in [0.2, 0.25) is 0 Å². The molecule has 0 unspecified atom stereocenters. The van der Waals surface area contributed by atoms with Gasteiger partial charge in [-0.25, -0.2) is 4.79 Å². The summed E-state index contributed by atoms with van der Waals surface area (Å²) in [6.07, 6.45) is 0.770. The van der Waals surface area contributed by atoms with Crippen LogP contribution in [0.5, 0.6) is 11.5 Å². The van der Waals surface area contributed by atoms with E-state index in [2.05, 4.69) is 0 Å². The molecule has 27 heavy (non-hydrogen) atoms. The summed E-state index contributed by atoms with van der Waals surface area (Å²) in [4.78, 5) is 23.6. The molecule has 0 aliphatic heterocycles. The van der Waals surface area contributed by atoms with Crippen molar-refractivity contribution in [3.8, 4) is 11.5 Å². The average Bonchev–Trinajstić information content (AvgIpc) is 2.68. The molecule has 0 saturated heterocycles. The molecule has 0 atom stereocenters. The third kappa shape index (κ3) is 4.42. The standard InChI is InChI=1S/C23H20O4/c1-16-7-6-8-17(2)22(16)26-15-20-13-21(12-11-19(20)14-24)27-23(25)18-9-4-3-5-10-18/h3-14H,15H2,1-2H3. The Morgan fingerprint density at radius 1 is 0.926 bits per heavy atom. The first-order valence-electron chi connectivity index (χ1n) is 8.63. The highest BCUT2D eigenvalue weighted by molar-refractivity contribution is 5.91. The van der Waals surface area contributed by atoms with Crippen molar-refractivity contribution in [3.63, 3.8) is 0 Å². The van der Waals surface area contributed by atoms with Gasteiger partial charge in [0, 0.05) is 11.1 Å². The highest BCUT2D eigenvalue weighted by atomic mass is 16.5. The molecule has 4 nitrogen and oxygen atoms in total. The Bertz CT molecular complexity index is 941. The number of hydrogen-bond donors (Lipinski definition) is 0. The predicted octanol–water partition coefficient (Wildman–Crippen LogP) is 4.91. The number of carbonyl (C=O) groups is 2. The number of aryl methyl sites for hydroxylation is 2. The molecule has 136 valence electrons. The van der Waals surface area contributed by atoms with E-state index in [1.807, 2.05) is 38.1 Å². The number of hydrogen-bond acceptors (Lipinski definition) is 4. The first-order valence-corrected chi connectivity index (χ1v) is 8.63. The number of para-hydroxylation sites is 1. The quantitative estimate of drug-likeness (QED) is 0.356. The fourth-order valence-electron chi connectivity index (χ4n) is 2.80.